The van der Waals surface area contributed by atoms with E-state index in [0.29, 0.717) is 16.3 Å². The third kappa shape index (κ3) is 3.30. The highest BCUT2D eigenvalue weighted by Gasteiger charge is 2.27. The SMILES string of the molecule is Fc1ccc(SCc2nc(=S)c(Br)c(C3CC3)[nH]2)cc1. The number of thioether (sulfide) groups is 1. The molecule has 1 saturated carbocycles. The molecule has 2 aromatic rings. The molecule has 0 aliphatic heterocycles. The first kappa shape index (κ1) is 14.2. The van der Waals surface area contributed by atoms with Crippen LogP contribution in [0.1, 0.15) is 30.3 Å². The van der Waals surface area contributed by atoms with Gasteiger partial charge in [0.05, 0.1) is 10.2 Å². The topological polar surface area (TPSA) is 28.7 Å². The van der Waals surface area contributed by atoms with Gasteiger partial charge in [-0.05, 0) is 53.0 Å². The molecule has 0 atom stereocenters. The number of nitrogens with zero attached hydrogens (tertiary/aromatic N) is 1. The van der Waals surface area contributed by atoms with Crippen molar-refractivity contribution in [3.05, 3.63) is 50.7 Å². The molecular weight excluding hydrogens is 359 g/mol. The van der Waals surface area contributed by atoms with E-state index in [1.54, 1.807) is 23.9 Å². The summed E-state index contributed by atoms with van der Waals surface area (Å²) in [5, 5.41) is 0. The number of halogens is 2. The van der Waals surface area contributed by atoms with Gasteiger partial charge in [0.2, 0.25) is 0 Å². The molecule has 0 radical (unpaired) electrons. The van der Waals surface area contributed by atoms with Crippen LogP contribution in [0.15, 0.2) is 33.6 Å². The highest BCUT2D eigenvalue weighted by Crippen LogP contribution is 2.42. The molecule has 0 saturated heterocycles. The average Bonchev–Trinajstić information content (AvgIpc) is 3.26. The van der Waals surface area contributed by atoms with Crippen LogP contribution in [0.3, 0.4) is 0 Å². The van der Waals surface area contributed by atoms with Crippen LogP contribution in [-0.2, 0) is 5.75 Å². The van der Waals surface area contributed by atoms with Crippen molar-refractivity contribution >= 4 is 39.9 Å². The predicted octanol–water partition coefficient (Wildman–Crippen LogP) is 5.21. The van der Waals surface area contributed by atoms with Crippen LogP contribution in [0.25, 0.3) is 0 Å². The molecule has 1 aliphatic rings. The van der Waals surface area contributed by atoms with Crippen LogP contribution in [0, 0.1) is 10.5 Å². The Morgan fingerprint density at radius 2 is 2.05 bits per heavy atom. The van der Waals surface area contributed by atoms with Gasteiger partial charge in [-0.2, -0.15) is 0 Å². The molecule has 20 heavy (non-hydrogen) atoms. The molecule has 0 amide bonds. The van der Waals surface area contributed by atoms with Gasteiger partial charge in [-0.25, -0.2) is 9.37 Å². The lowest BCUT2D eigenvalue weighted by atomic mass is 10.3. The van der Waals surface area contributed by atoms with Crippen molar-refractivity contribution in [2.75, 3.05) is 0 Å². The maximum Gasteiger partial charge on any atom is 0.144 e. The monoisotopic (exact) mass is 370 g/mol. The Balaban J connectivity index is 1.77. The standard InChI is InChI=1S/C14H12BrFN2S2/c15-12-13(8-1-2-8)17-11(18-14(12)19)7-20-10-5-3-9(16)4-6-10/h3-6,8H,1-2,7H2,(H,17,18,19). The van der Waals surface area contributed by atoms with Gasteiger partial charge in [0.25, 0.3) is 0 Å². The van der Waals surface area contributed by atoms with Gasteiger partial charge >= 0.3 is 0 Å². The molecule has 1 aliphatic carbocycles. The fourth-order valence-corrected chi connectivity index (χ4v) is 3.43. The van der Waals surface area contributed by atoms with Gasteiger partial charge in [0.1, 0.15) is 16.3 Å². The van der Waals surface area contributed by atoms with Gasteiger partial charge in [0.15, 0.2) is 0 Å². The second-order valence-corrected chi connectivity index (χ2v) is 6.96. The van der Waals surface area contributed by atoms with Gasteiger partial charge in [-0.3, -0.25) is 0 Å². The molecular formula is C14H12BrFN2S2. The van der Waals surface area contributed by atoms with Crippen LogP contribution < -0.4 is 0 Å². The summed E-state index contributed by atoms with van der Waals surface area (Å²) in [5.41, 5.74) is 1.17. The van der Waals surface area contributed by atoms with Gasteiger partial charge < -0.3 is 4.98 Å². The van der Waals surface area contributed by atoms with Crippen LogP contribution in [0.5, 0.6) is 0 Å². The van der Waals surface area contributed by atoms with E-state index in [0.717, 1.165) is 15.2 Å². The summed E-state index contributed by atoms with van der Waals surface area (Å²) in [6, 6.07) is 6.48. The number of aromatic amines is 1. The van der Waals surface area contributed by atoms with Gasteiger partial charge in [-0.1, -0.05) is 12.2 Å². The first-order valence-electron chi connectivity index (χ1n) is 6.30. The van der Waals surface area contributed by atoms with Crippen LogP contribution >= 0.6 is 39.9 Å². The minimum Gasteiger partial charge on any atom is -0.345 e. The van der Waals surface area contributed by atoms with Crippen molar-refractivity contribution in [1.29, 1.82) is 0 Å². The normalized spacial score (nSPS) is 14.5. The maximum absolute atomic E-state index is 12.8. The fraction of sp³-hybridized carbons (Fsp3) is 0.286. The summed E-state index contributed by atoms with van der Waals surface area (Å²) < 4.78 is 14.4. The predicted molar refractivity (Wildman–Crippen MR) is 85.1 cm³/mol. The molecule has 104 valence electrons. The summed E-state index contributed by atoms with van der Waals surface area (Å²) in [4.78, 5) is 8.79. The van der Waals surface area contributed by atoms with Gasteiger partial charge in [0, 0.05) is 16.5 Å². The lowest BCUT2D eigenvalue weighted by molar-refractivity contribution is 0.626. The molecule has 0 spiro atoms. The van der Waals surface area contributed by atoms with E-state index in [9.17, 15) is 4.39 Å². The first-order valence-corrected chi connectivity index (χ1v) is 8.49. The number of nitrogens with one attached hydrogen (secondary N) is 1. The van der Waals surface area contributed by atoms with Crippen LogP contribution in [0.2, 0.25) is 0 Å². The van der Waals surface area contributed by atoms with E-state index in [1.165, 1.54) is 30.7 Å². The molecule has 1 heterocycles. The molecule has 1 aromatic carbocycles. The molecule has 0 unspecified atom stereocenters. The largest absolute Gasteiger partial charge is 0.345 e. The molecule has 3 rings (SSSR count). The Morgan fingerprint density at radius 3 is 2.70 bits per heavy atom. The minimum absolute atomic E-state index is 0.216. The first-order chi connectivity index (χ1) is 9.63. The fourth-order valence-electron chi connectivity index (χ4n) is 1.93. The second-order valence-electron chi connectivity index (χ2n) is 4.73. The summed E-state index contributed by atoms with van der Waals surface area (Å²) in [7, 11) is 0. The molecule has 2 nitrogen and oxygen atoms in total. The number of aromatic nitrogens is 2. The molecule has 6 heteroatoms. The van der Waals surface area contributed by atoms with Crippen molar-refractivity contribution in [2.45, 2.75) is 29.4 Å². The zero-order valence-electron chi connectivity index (χ0n) is 10.5. The summed E-state index contributed by atoms with van der Waals surface area (Å²) in [6.45, 7) is 0. The maximum atomic E-state index is 12.8. The van der Waals surface area contributed by atoms with Crippen LogP contribution in [0.4, 0.5) is 4.39 Å². The number of benzene rings is 1. The van der Waals surface area contributed by atoms with Crippen molar-refractivity contribution in [1.82, 2.24) is 9.97 Å². The second kappa shape index (κ2) is 5.95. The molecule has 1 fully saturated rings. The number of hydrogen-bond acceptors (Lipinski definition) is 3. The Bertz CT molecular complexity index is 681. The summed E-state index contributed by atoms with van der Waals surface area (Å²) in [5.74, 6) is 1.94. The van der Waals surface area contributed by atoms with E-state index in [2.05, 4.69) is 25.9 Å². The Kier molecular flexibility index (Phi) is 4.23. The quantitative estimate of drug-likeness (QED) is 0.591. The van der Waals surface area contributed by atoms with Crippen molar-refractivity contribution in [3.63, 3.8) is 0 Å². The molecule has 1 N–H and O–H groups in total. The number of hydrogen-bond donors (Lipinski definition) is 1. The summed E-state index contributed by atoms with van der Waals surface area (Å²) >= 11 is 10.4. The van der Waals surface area contributed by atoms with Crippen molar-refractivity contribution in [2.24, 2.45) is 0 Å². The lowest BCUT2D eigenvalue weighted by Gasteiger charge is -2.07. The van der Waals surface area contributed by atoms with Crippen LogP contribution in [-0.4, -0.2) is 9.97 Å². The Labute approximate surface area is 134 Å². The molecule has 1 aromatic heterocycles. The van der Waals surface area contributed by atoms with Crippen molar-refractivity contribution in [3.8, 4) is 0 Å². The summed E-state index contributed by atoms with van der Waals surface area (Å²) in [6.07, 6.45) is 2.41. The van der Waals surface area contributed by atoms with Crippen molar-refractivity contribution < 1.29 is 4.39 Å². The Hall–Kier alpha value is -0.720. The average molecular weight is 371 g/mol. The highest BCUT2D eigenvalue weighted by atomic mass is 79.9. The highest BCUT2D eigenvalue weighted by molar-refractivity contribution is 9.10. The third-order valence-corrected chi connectivity index (χ3v) is 5.50. The smallest absolute Gasteiger partial charge is 0.144 e. The van der Waals surface area contributed by atoms with E-state index in [-0.39, 0.29) is 5.82 Å². The number of rotatable bonds is 4. The molecule has 0 bridgehead atoms. The van der Waals surface area contributed by atoms with E-state index in [1.807, 2.05) is 0 Å². The number of H-pyrrole nitrogens is 1. The third-order valence-electron chi connectivity index (χ3n) is 3.11. The minimum atomic E-state index is -0.216. The van der Waals surface area contributed by atoms with E-state index in [4.69, 9.17) is 12.2 Å². The zero-order chi connectivity index (χ0) is 14.1. The van der Waals surface area contributed by atoms with Gasteiger partial charge in [-0.15, -0.1) is 11.8 Å². The van der Waals surface area contributed by atoms with E-state index < -0.39 is 0 Å². The Morgan fingerprint density at radius 1 is 1.35 bits per heavy atom. The van der Waals surface area contributed by atoms with E-state index >= 15 is 0 Å². The lowest BCUT2D eigenvalue weighted by Crippen LogP contribution is -1.99. The zero-order valence-corrected chi connectivity index (χ0v) is 13.7.